The summed E-state index contributed by atoms with van der Waals surface area (Å²) < 4.78 is 5.57. The van der Waals surface area contributed by atoms with Crippen LogP contribution in [0.25, 0.3) is 0 Å². The number of Topliss-reactive ketones (excluding diaryl/α,β-unsaturated/α-hetero) is 3. The summed E-state index contributed by atoms with van der Waals surface area (Å²) in [5.74, 6) is -12.7. The fraction of sp³-hybridized carbons (Fsp3) is 0.455. The number of phenols is 3. The lowest BCUT2D eigenvalue weighted by molar-refractivity contribution is -0.166. The van der Waals surface area contributed by atoms with Crippen molar-refractivity contribution in [2.45, 2.75) is 194 Å². The van der Waals surface area contributed by atoms with Gasteiger partial charge in [-0.05, 0) is 115 Å². The van der Waals surface area contributed by atoms with E-state index in [1.165, 1.54) is 48.2 Å². The van der Waals surface area contributed by atoms with Crippen LogP contribution in [0, 0.1) is 53.3 Å². The third-order valence-corrected chi connectivity index (χ3v) is 21.5. The molecule has 3 unspecified atom stereocenters. The first-order valence-corrected chi connectivity index (χ1v) is 39.1. The van der Waals surface area contributed by atoms with E-state index >= 15 is 0 Å². The zero-order chi connectivity index (χ0) is 84.8. The Morgan fingerprint density at radius 2 is 0.713 bits per heavy atom. The molecule has 18 atom stereocenters. The Morgan fingerprint density at radius 3 is 1.04 bits per heavy atom. The predicted octanol–water partition coefficient (Wildman–Crippen LogP) is 6.66. The molecule has 3 fully saturated rings. The molecule has 3 aliphatic rings. The molecule has 6 aromatic carbocycles. The van der Waals surface area contributed by atoms with Crippen molar-refractivity contribution in [2.75, 3.05) is 7.05 Å². The lowest BCUT2D eigenvalue weighted by Gasteiger charge is -2.37. The minimum Gasteiger partial charge on any atom is -0.507 e. The number of para-hydroxylation sites is 3. The van der Waals surface area contributed by atoms with E-state index < -0.39 is 161 Å². The van der Waals surface area contributed by atoms with Crippen LogP contribution in [-0.4, -0.2) is 186 Å². The highest BCUT2D eigenvalue weighted by Gasteiger charge is 2.45. The fourth-order valence-electron chi connectivity index (χ4n) is 14.6. The van der Waals surface area contributed by atoms with Gasteiger partial charge in [0, 0.05) is 26.3 Å². The molecule has 3 heterocycles. The number of rotatable bonds is 15. The number of ketones is 3. The summed E-state index contributed by atoms with van der Waals surface area (Å²) in [6.07, 6.45) is -4.53. The number of esters is 1. The molecule has 0 saturated carbocycles. The van der Waals surface area contributed by atoms with Gasteiger partial charge in [-0.3, -0.25) is 57.5 Å². The van der Waals surface area contributed by atoms with Crippen molar-refractivity contribution in [3.8, 4) is 17.2 Å². The monoisotopic (exact) mass is 1580 g/mol. The van der Waals surface area contributed by atoms with Crippen molar-refractivity contribution in [3.05, 3.63) is 197 Å². The van der Waals surface area contributed by atoms with Gasteiger partial charge in [-0.25, -0.2) is 0 Å². The average Bonchev–Trinajstić information content (AvgIpc) is 0.825. The van der Waals surface area contributed by atoms with Crippen LogP contribution in [0.15, 0.2) is 164 Å². The van der Waals surface area contributed by atoms with Crippen molar-refractivity contribution in [2.24, 2.45) is 53.3 Å². The Labute approximate surface area is 671 Å². The quantitative estimate of drug-likeness (QED) is 0.0478. The van der Waals surface area contributed by atoms with Crippen molar-refractivity contribution in [3.63, 3.8) is 0 Å². The molecule has 27 heteroatoms. The maximum Gasteiger partial charge on any atom is 0.312 e. The van der Waals surface area contributed by atoms with E-state index in [0.717, 1.165) is 16.7 Å². The summed E-state index contributed by atoms with van der Waals surface area (Å²) in [7, 11) is 1.56. The van der Waals surface area contributed by atoms with Gasteiger partial charge in [0.2, 0.25) is 29.5 Å². The van der Waals surface area contributed by atoms with Gasteiger partial charge < -0.3 is 77.5 Å². The van der Waals surface area contributed by atoms with E-state index in [1.807, 2.05) is 119 Å². The third-order valence-electron chi connectivity index (χ3n) is 21.5. The molecule has 115 heavy (non-hydrogen) atoms. The summed E-state index contributed by atoms with van der Waals surface area (Å²) in [5.41, 5.74) is 2.48. The number of carbonyl (C=O) groups is 12. The SMILES string of the molecule is CC(C)C1C(=O)C[C@H](C)[C@H](NC(=O)c2ccccc2O)C(=O)N[C@@H](Cc2ccccc2)[C@@H](O)[C@@H](C)C(=O)N1C.CC(C)C1NC(=O)[C@H](C)[C@H](O)[C@H](Cc2ccccc2)NC(=O)[C@@H](NC(=O)c2ccccc2O)[C@@H](C)CC1=O.CC(C)C1OC(=O)[C@H](C)[C@H](O)[C@H](Cc2ccccc2)NC(=O)[C@@H](NC(=O)c2ccccc2O)[C@@H](C)CC1=O. The number of benzene rings is 6. The Bertz CT molecular complexity index is 4170. The van der Waals surface area contributed by atoms with Crippen molar-refractivity contribution < 1.29 is 92.9 Å². The van der Waals surface area contributed by atoms with E-state index in [9.17, 15) is 88.2 Å². The summed E-state index contributed by atoms with van der Waals surface area (Å²) >= 11 is 0. The number of likely N-dealkylation sites (N-methyl/N-ethyl adjacent to an activating group) is 1. The molecular formula is C88H112N8O19. The van der Waals surface area contributed by atoms with Crippen LogP contribution in [0.5, 0.6) is 17.2 Å². The van der Waals surface area contributed by atoms with Gasteiger partial charge in [0.25, 0.3) is 17.7 Å². The second-order valence-corrected chi connectivity index (χ2v) is 31.6. The zero-order valence-electron chi connectivity index (χ0n) is 67.4. The zero-order valence-corrected chi connectivity index (χ0v) is 67.4. The number of ether oxygens (including phenoxy) is 1. The van der Waals surface area contributed by atoms with Crippen molar-refractivity contribution >= 4 is 70.6 Å². The summed E-state index contributed by atoms with van der Waals surface area (Å²) in [6.45, 7) is 20.4. The second-order valence-electron chi connectivity index (χ2n) is 31.6. The van der Waals surface area contributed by atoms with Gasteiger partial charge >= 0.3 is 5.97 Å². The summed E-state index contributed by atoms with van der Waals surface area (Å²) in [6, 6.07) is 37.9. The molecule has 618 valence electrons. The molecule has 0 aliphatic carbocycles. The number of aromatic hydroxyl groups is 3. The van der Waals surface area contributed by atoms with E-state index in [-0.39, 0.29) is 108 Å². The van der Waals surface area contributed by atoms with Crippen LogP contribution in [0.1, 0.15) is 150 Å². The molecule has 3 aliphatic heterocycles. The summed E-state index contributed by atoms with van der Waals surface area (Å²) in [4.78, 5) is 161. The number of aliphatic hydroxyl groups excluding tert-OH is 3. The van der Waals surface area contributed by atoms with Crippen molar-refractivity contribution in [1.29, 1.82) is 0 Å². The van der Waals surface area contributed by atoms with Gasteiger partial charge in [-0.15, -0.1) is 0 Å². The Kier molecular flexibility index (Phi) is 33.5. The molecule has 13 N–H and O–H groups in total. The lowest BCUT2D eigenvalue weighted by atomic mass is 9.85. The molecule has 0 spiro atoms. The standard InChI is InChI=1S/C30H39N3O6.C29H37N3O6.C29H36N2O7/c1-17(2)26-24(35)15-18(3)25(32-28(37)21-13-9-10-14-23(21)34)29(38)31-22(16-20-11-7-6-8-12-20)27(36)19(4)30(39)33(26)5;1-16(2)24-23(34)14-17(3)25(32-28(37)20-12-8-9-13-22(20)33)29(38)30-21(15-19-10-6-5-7-11-19)26(35)18(4)27(36)31-24;1-16(2)26-23(33)14-17(3)24(31-27(35)20-12-8-9-13-22(20)32)28(36)30-21(15-19-10-6-5-7-11-19)25(34)18(4)29(37)38-26/h6-14,17-19,22,25-27,34,36H,15-16H2,1-5H3,(H,31,38)(H,32,37);5-13,16-18,21,24-26,33,35H,14-15H2,1-4H3,(H,30,38)(H,31,36)(H,32,37);5-13,16-18,21,24-26,32,34H,14-15H2,1-4H3,(H,30,36)(H,31,35)/t18-,19+,22-,25-,26?,27-;17-,18+,21-,24?,25-,26-;17-,18+,21-,24-,25-,26?/m000/s1. The minimum absolute atomic E-state index is 0.00479. The number of hydrogen-bond donors (Lipinski definition) is 13. The first-order chi connectivity index (χ1) is 54.4. The number of amides is 8. The first-order valence-electron chi connectivity index (χ1n) is 39.1. The first kappa shape index (κ1) is 91.0. The fourth-order valence-corrected chi connectivity index (χ4v) is 14.6. The molecule has 6 aromatic rings. The van der Waals surface area contributed by atoms with E-state index in [2.05, 4.69) is 37.2 Å². The number of nitrogens with zero attached hydrogens (tertiary/aromatic N) is 1. The largest absolute Gasteiger partial charge is 0.507 e. The molecule has 8 amide bonds. The van der Waals surface area contributed by atoms with E-state index in [0.29, 0.717) is 0 Å². The highest BCUT2D eigenvalue weighted by atomic mass is 16.5. The van der Waals surface area contributed by atoms with Crippen LogP contribution in [0.4, 0.5) is 0 Å². The predicted molar refractivity (Wildman–Crippen MR) is 429 cm³/mol. The molecule has 0 aromatic heterocycles. The molecule has 9 rings (SSSR count). The van der Waals surface area contributed by atoms with E-state index in [1.54, 1.807) is 91.9 Å². The second kappa shape index (κ2) is 42.3. The average molecular weight is 1590 g/mol. The van der Waals surface area contributed by atoms with Crippen molar-refractivity contribution in [1.82, 2.24) is 42.1 Å². The lowest BCUT2D eigenvalue weighted by Crippen LogP contribution is -2.59. The van der Waals surface area contributed by atoms with Gasteiger partial charge in [-0.2, -0.15) is 0 Å². The smallest absolute Gasteiger partial charge is 0.312 e. The van der Waals surface area contributed by atoms with Crippen LogP contribution in [0.3, 0.4) is 0 Å². The molecule has 0 bridgehead atoms. The van der Waals surface area contributed by atoms with Gasteiger partial charge in [0.05, 0.1) is 83.0 Å². The highest BCUT2D eigenvalue weighted by molar-refractivity contribution is 6.02. The topological polar surface area (TPSA) is 423 Å². The van der Waals surface area contributed by atoms with Crippen LogP contribution in [-0.2, 0) is 67.2 Å². The van der Waals surface area contributed by atoms with Gasteiger partial charge in [-0.1, -0.05) is 204 Å². The highest BCUT2D eigenvalue weighted by Crippen LogP contribution is 2.29. The maximum atomic E-state index is 13.7. The molecular weight excluding hydrogens is 1470 g/mol. The number of cyclic esters (lactones) is 1. The van der Waals surface area contributed by atoms with E-state index in [4.69, 9.17) is 4.74 Å². The Hall–Kier alpha value is -11.2. The Morgan fingerprint density at radius 1 is 0.400 bits per heavy atom. The third kappa shape index (κ3) is 24.7. The molecule has 0 radical (unpaired) electrons. The number of nitrogens with one attached hydrogen (secondary N) is 7. The van der Waals surface area contributed by atoms with Gasteiger partial charge in [0.1, 0.15) is 35.4 Å². The number of carbonyl (C=O) groups excluding carboxylic acids is 12. The minimum atomic E-state index is -1.33. The van der Waals surface area contributed by atoms with Crippen LogP contribution in [0.2, 0.25) is 0 Å². The number of hydrogen-bond acceptors (Lipinski definition) is 19. The Balaban J connectivity index is 0.000000239. The molecule has 27 nitrogen and oxygen atoms in total. The normalized spacial score (nSPS) is 27.0. The number of aliphatic hydroxyl groups is 3. The van der Waals surface area contributed by atoms with Crippen LogP contribution < -0.4 is 37.2 Å². The summed E-state index contributed by atoms with van der Waals surface area (Å²) in [5, 5.41) is 83.5. The number of phenolic OH excluding ortho intramolecular Hbond substituents is 3. The molecule has 3 saturated heterocycles. The maximum absolute atomic E-state index is 13.7. The van der Waals surface area contributed by atoms with Gasteiger partial charge in [0.15, 0.2) is 23.5 Å². The van der Waals surface area contributed by atoms with Crippen LogP contribution >= 0.6 is 0 Å².